The number of nitrogens with one attached hydrogen (secondary N) is 2. The fraction of sp³-hybridized carbons (Fsp3) is 0.350. The molecule has 6 nitrogen and oxygen atoms in total. The van der Waals surface area contributed by atoms with Crippen LogP contribution in [-0.4, -0.2) is 39.9 Å². The number of nitrogens with zero attached hydrogens (tertiary/aromatic N) is 1. The first-order valence-electron chi connectivity index (χ1n) is 8.79. The molecule has 0 unspecified atom stereocenters. The van der Waals surface area contributed by atoms with Crippen molar-refractivity contribution in [3.05, 3.63) is 53.1 Å². The van der Waals surface area contributed by atoms with Crippen molar-refractivity contribution in [2.75, 3.05) is 33.9 Å². The van der Waals surface area contributed by atoms with Crippen LogP contribution in [0.4, 0.5) is 0 Å². The van der Waals surface area contributed by atoms with Crippen LogP contribution in [0.5, 0.6) is 17.2 Å². The normalized spacial score (nSPS) is 10.6. The second-order valence-electron chi connectivity index (χ2n) is 5.56. The maximum atomic E-state index is 6.31. The van der Waals surface area contributed by atoms with E-state index in [1.54, 1.807) is 14.2 Å². The molecule has 0 fully saturated rings. The molecule has 0 aromatic heterocycles. The monoisotopic (exact) mass is 519 g/mol. The Morgan fingerprint density at radius 1 is 1.11 bits per heavy atom. The molecule has 8 heteroatoms. The van der Waals surface area contributed by atoms with Gasteiger partial charge in [-0.1, -0.05) is 29.8 Å². The predicted octanol–water partition coefficient (Wildman–Crippen LogP) is 4.11. The lowest BCUT2D eigenvalue weighted by molar-refractivity contribution is 0.311. The lowest BCUT2D eigenvalue weighted by atomic mass is 10.2. The average molecular weight is 520 g/mol. The summed E-state index contributed by atoms with van der Waals surface area (Å²) in [6.45, 7) is 4.13. The van der Waals surface area contributed by atoms with E-state index in [4.69, 9.17) is 25.8 Å². The highest BCUT2D eigenvalue weighted by Crippen LogP contribution is 2.36. The number of benzene rings is 2. The summed E-state index contributed by atoms with van der Waals surface area (Å²) in [6, 6.07) is 13.5. The van der Waals surface area contributed by atoms with Crippen molar-refractivity contribution in [1.82, 2.24) is 10.6 Å². The lowest BCUT2D eigenvalue weighted by Gasteiger charge is -2.15. The van der Waals surface area contributed by atoms with E-state index < -0.39 is 0 Å². The quantitative estimate of drug-likeness (QED) is 0.226. The summed E-state index contributed by atoms with van der Waals surface area (Å²) >= 11 is 6.31. The lowest BCUT2D eigenvalue weighted by Crippen LogP contribution is -2.38. The van der Waals surface area contributed by atoms with Crippen molar-refractivity contribution in [3.8, 4) is 17.2 Å². The van der Waals surface area contributed by atoms with Crippen LogP contribution >= 0.6 is 35.6 Å². The van der Waals surface area contributed by atoms with Gasteiger partial charge in [0.1, 0.15) is 12.4 Å². The van der Waals surface area contributed by atoms with Gasteiger partial charge in [-0.05, 0) is 36.8 Å². The van der Waals surface area contributed by atoms with Crippen LogP contribution < -0.4 is 24.8 Å². The number of rotatable bonds is 9. The Labute approximate surface area is 188 Å². The molecule has 0 bridgehead atoms. The van der Waals surface area contributed by atoms with Crippen LogP contribution in [-0.2, 0) is 6.54 Å². The highest BCUT2D eigenvalue weighted by Gasteiger charge is 2.12. The first kappa shape index (κ1) is 24.2. The molecule has 2 aromatic rings. The van der Waals surface area contributed by atoms with Crippen molar-refractivity contribution in [1.29, 1.82) is 0 Å². The first-order chi connectivity index (χ1) is 13.2. The summed E-state index contributed by atoms with van der Waals surface area (Å²) in [7, 11) is 3.32. The Morgan fingerprint density at radius 3 is 2.50 bits per heavy atom. The van der Waals surface area contributed by atoms with Gasteiger partial charge in [0.05, 0.1) is 25.3 Å². The van der Waals surface area contributed by atoms with Crippen LogP contribution in [0.1, 0.15) is 12.5 Å². The van der Waals surface area contributed by atoms with Gasteiger partial charge in [0.25, 0.3) is 0 Å². The number of ether oxygens (including phenoxy) is 3. The van der Waals surface area contributed by atoms with E-state index in [2.05, 4.69) is 15.6 Å². The molecule has 0 heterocycles. The highest BCUT2D eigenvalue weighted by molar-refractivity contribution is 14.0. The van der Waals surface area contributed by atoms with Crippen LogP contribution in [0.25, 0.3) is 0 Å². The molecule has 154 valence electrons. The van der Waals surface area contributed by atoms with Gasteiger partial charge in [-0.3, -0.25) is 4.99 Å². The number of aliphatic imine (C=N–C) groups is 1. The van der Waals surface area contributed by atoms with Crippen LogP contribution in [0, 0.1) is 0 Å². The van der Waals surface area contributed by atoms with Gasteiger partial charge in [-0.15, -0.1) is 24.0 Å². The molecule has 0 aliphatic heterocycles. The summed E-state index contributed by atoms with van der Waals surface area (Å²) in [6.07, 6.45) is 0. The molecule has 28 heavy (non-hydrogen) atoms. The topological polar surface area (TPSA) is 64.1 Å². The molecule has 0 spiro atoms. The van der Waals surface area contributed by atoms with Crippen LogP contribution in [0.3, 0.4) is 0 Å². The minimum absolute atomic E-state index is 0. The van der Waals surface area contributed by atoms with Crippen molar-refractivity contribution in [2.45, 2.75) is 13.5 Å². The molecule has 0 radical (unpaired) electrons. The zero-order valence-electron chi connectivity index (χ0n) is 16.3. The molecule has 0 aliphatic carbocycles. The fourth-order valence-electron chi connectivity index (χ4n) is 2.42. The Hall–Kier alpha value is -1.87. The van der Waals surface area contributed by atoms with Gasteiger partial charge in [0.15, 0.2) is 17.5 Å². The third kappa shape index (κ3) is 7.63. The zero-order chi connectivity index (χ0) is 19.5. The smallest absolute Gasteiger partial charge is 0.191 e. The highest BCUT2D eigenvalue weighted by atomic mass is 127. The number of hydrogen-bond acceptors (Lipinski definition) is 4. The molecule has 0 amide bonds. The van der Waals surface area contributed by atoms with Crippen molar-refractivity contribution < 1.29 is 14.2 Å². The van der Waals surface area contributed by atoms with E-state index in [0.29, 0.717) is 48.8 Å². The predicted molar refractivity (Wildman–Crippen MR) is 125 cm³/mol. The molecule has 2 aromatic carbocycles. The van der Waals surface area contributed by atoms with Crippen LogP contribution in [0.15, 0.2) is 47.5 Å². The zero-order valence-corrected chi connectivity index (χ0v) is 19.4. The first-order valence-corrected chi connectivity index (χ1v) is 9.17. The molecular formula is C20H27ClIN3O3. The number of halogens is 2. The largest absolute Gasteiger partial charge is 0.493 e. The van der Waals surface area contributed by atoms with Gasteiger partial charge in [-0.25, -0.2) is 0 Å². The third-order valence-electron chi connectivity index (χ3n) is 3.67. The number of methoxy groups -OCH3 is 1. The van der Waals surface area contributed by atoms with Crippen molar-refractivity contribution in [3.63, 3.8) is 0 Å². The Balaban J connectivity index is 0.00000392. The minimum atomic E-state index is 0. The molecule has 2 N–H and O–H groups in total. The van der Waals surface area contributed by atoms with Gasteiger partial charge in [0, 0.05) is 13.6 Å². The van der Waals surface area contributed by atoms with Gasteiger partial charge in [-0.2, -0.15) is 0 Å². The summed E-state index contributed by atoms with van der Waals surface area (Å²) < 4.78 is 16.6. The van der Waals surface area contributed by atoms with E-state index >= 15 is 0 Å². The molecule has 0 saturated heterocycles. The molecule has 2 rings (SSSR count). The minimum Gasteiger partial charge on any atom is -0.493 e. The molecular weight excluding hydrogens is 493 g/mol. The van der Waals surface area contributed by atoms with Gasteiger partial charge >= 0.3 is 0 Å². The van der Waals surface area contributed by atoms with E-state index in [1.807, 2.05) is 49.4 Å². The number of guanidine groups is 1. The SMILES string of the molecule is CCOc1c(Cl)cc(CNC(=NC)NCCOc2ccccc2)cc1OC.I. The van der Waals surface area contributed by atoms with Crippen molar-refractivity contribution in [2.24, 2.45) is 4.99 Å². The summed E-state index contributed by atoms with van der Waals surface area (Å²) in [4.78, 5) is 4.21. The Morgan fingerprint density at radius 2 is 1.86 bits per heavy atom. The molecule has 0 atom stereocenters. The molecule has 0 aliphatic rings. The average Bonchev–Trinajstić information content (AvgIpc) is 2.70. The van der Waals surface area contributed by atoms with Crippen molar-refractivity contribution >= 4 is 41.5 Å². The number of hydrogen-bond donors (Lipinski definition) is 2. The van der Waals surface area contributed by atoms with Gasteiger partial charge < -0.3 is 24.8 Å². The second-order valence-corrected chi connectivity index (χ2v) is 5.96. The second kappa shape index (κ2) is 13.3. The summed E-state index contributed by atoms with van der Waals surface area (Å²) in [5.41, 5.74) is 0.962. The van der Waals surface area contributed by atoms with Gasteiger partial charge in [0.2, 0.25) is 0 Å². The van der Waals surface area contributed by atoms with E-state index in [1.165, 1.54) is 0 Å². The van der Waals surface area contributed by atoms with E-state index in [-0.39, 0.29) is 24.0 Å². The third-order valence-corrected chi connectivity index (χ3v) is 3.95. The van der Waals surface area contributed by atoms with E-state index in [0.717, 1.165) is 11.3 Å². The summed E-state index contributed by atoms with van der Waals surface area (Å²) in [5.74, 6) is 2.69. The summed E-state index contributed by atoms with van der Waals surface area (Å²) in [5, 5.41) is 6.97. The fourth-order valence-corrected chi connectivity index (χ4v) is 2.71. The van der Waals surface area contributed by atoms with E-state index in [9.17, 15) is 0 Å². The maximum Gasteiger partial charge on any atom is 0.191 e. The number of para-hydroxylation sites is 1. The Kier molecular flexibility index (Phi) is 11.5. The standard InChI is InChI=1S/C20H26ClN3O3.HI/c1-4-26-19-17(21)12-15(13-18(19)25-3)14-24-20(22-2)23-10-11-27-16-8-6-5-7-9-16;/h5-9,12-13H,4,10-11,14H2,1-3H3,(H2,22,23,24);1H. The van der Waals surface area contributed by atoms with Crippen LogP contribution in [0.2, 0.25) is 5.02 Å². The maximum absolute atomic E-state index is 6.31. The Bertz CT molecular complexity index is 745. The molecule has 0 saturated carbocycles.